The normalized spacial score (nSPS) is 10.3. The van der Waals surface area contributed by atoms with Crippen molar-refractivity contribution in [2.75, 3.05) is 5.32 Å². The fraction of sp³-hybridized carbons (Fsp3) is 0.200. The number of aryl methyl sites for hydroxylation is 2. The monoisotopic (exact) mass is 288 g/mol. The van der Waals surface area contributed by atoms with E-state index in [4.69, 9.17) is 0 Å². The predicted molar refractivity (Wildman–Crippen MR) is 84.8 cm³/mol. The number of carbonyl (C=O) groups is 1. The van der Waals surface area contributed by atoms with E-state index in [2.05, 4.69) is 14.6 Å². The SMILES string of the molecule is CCc1cc(NC(=O)c2ccccc2P)c(=O)n(C)c1. The molecule has 0 fully saturated rings. The summed E-state index contributed by atoms with van der Waals surface area (Å²) in [7, 11) is 4.20. The largest absolute Gasteiger partial charge is 0.317 e. The van der Waals surface area contributed by atoms with E-state index < -0.39 is 0 Å². The standard InChI is InChI=1S/C15H17N2O2P/c1-3-10-8-12(15(19)17(2)9-10)16-14(18)11-6-4-5-7-13(11)20/h4-9H,3,20H2,1-2H3,(H,16,18). The van der Waals surface area contributed by atoms with Crippen LogP contribution in [-0.4, -0.2) is 10.5 Å². The summed E-state index contributed by atoms with van der Waals surface area (Å²) in [5, 5.41) is 3.50. The predicted octanol–water partition coefficient (Wildman–Crippen LogP) is 1.70. The van der Waals surface area contributed by atoms with E-state index in [1.165, 1.54) is 4.57 Å². The summed E-state index contributed by atoms with van der Waals surface area (Å²) in [4.78, 5) is 24.3. The second kappa shape index (κ2) is 6.02. The van der Waals surface area contributed by atoms with Gasteiger partial charge in [0, 0.05) is 18.8 Å². The minimum absolute atomic E-state index is 0.211. The molecule has 1 aromatic carbocycles. The van der Waals surface area contributed by atoms with Gasteiger partial charge in [0.15, 0.2) is 0 Å². The minimum Gasteiger partial charge on any atom is -0.317 e. The van der Waals surface area contributed by atoms with Gasteiger partial charge in [0.05, 0.1) is 0 Å². The molecule has 0 saturated heterocycles. The van der Waals surface area contributed by atoms with Crippen LogP contribution in [0.3, 0.4) is 0 Å². The Bertz CT molecular complexity index is 707. The first-order valence-corrected chi connectivity index (χ1v) is 6.96. The Morgan fingerprint density at radius 3 is 2.70 bits per heavy atom. The van der Waals surface area contributed by atoms with Gasteiger partial charge in [0.1, 0.15) is 5.69 Å². The molecule has 0 aliphatic heterocycles. The molecule has 1 N–H and O–H groups in total. The summed E-state index contributed by atoms with van der Waals surface area (Å²) in [6.07, 6.45) is 2.58. The number of benzene rings is 1. The highest BCUT2D eigenvalue weighted by atomic mass is 31.0. The van der Waals surface area contributed by atoms with Crippen molar-refractivity contribution in [2.45, 2.75) is 13.3 Å². The molecule has 1 heterocycles. The van der Waals surface area contributed by atoms with Crippen LogP contribution in [0, 0.1) is 0 Å². The van der Waals surface area contributed by atoms with Crippen LogP contribution >= 0.6 is 9.24 Å². The zero-order valence-electron chi connectivity index (χ0n) is 11.5. The van der Waals surface area contributed by atoms with E-state index in [1.807, 2.05) is 19.1 Å². The Labute approximate surface area is 120 Å². The number of aromatic nitrogens is 1. The molecule has 5 heteroatoms. The first kappa shape index (κ1) is 14.5. The van der Waals surface area contributed by atoms with Gasteiger partial charge >= 0.3 is 0 Å². The molecule has 1 atom stereocenters. The van der Waals surface area contributed by atoms with Crippen molar-refractivity contribution < 1.29 is 4.79 Å². The molecule has 2 aromatic rings. The van der Waals surface area contributed by atoms with Crippen LogP contribution in [0.25, 0.3) is 0 Å². The first-order valence-electron chi connectivity index (χ1n) is 6.38. The Kier molecular flexibility index (Phi) is 4.35. The van der Waals surface area contributed by atoms with Crippen molar-refractivity contribution in [3.63, 3.8) is 0 Å². The van der Waals surface area contributed by atoms with Crippen LogP contribution in [0.4, 0.5) is 5.69 Å². The van der Waals surface area contributed by atoms with Crippen molar-refractivity contribution >= 4 is 26.1 Å². The third-order valence-corrected chi connectivity index (χ3v) is 3.61. The molecule has 1 aromatic heterocycles. The first-order chi connectivity index (χ1) is 9.52. The second-order valence-corrected chi connectivity index (χ2v) is 5.20. The maximum atomic E-state index is 12.2. The van der Waals surface area contributed by atoms with Crippen molar-refractivity contribution in [2.24, 2.45) is 7.05 Å². The fourth-order valence-electron chi connectivity index (χ4n) is 1.96. The van der Waals surface area contributed by atoms with Crippen molar-refractivity contribution in [3.05, 3.63) is 58.0 Å². The molecule has 0 aliphatic carbocycles. The molecule has 2 rings (SSSR count). The molecule has 1 unspecified atom stereocenters. The van der Waals surface area contributed by atoms with Crippen molar-refractivity contribution in [1.82, 2.24) is 4.57 Å². The van der Waals surface area contributed by atoms with Gasteiger partial charge in [-0.25, -0.2) is 0 Å². The molecular formula is C15H17N2O2P. The minimum atomic E-state index is -0.277. The number of carbonyl (C=O) groups excluding carboxylic acids is 1. The average molecular weight is 288 g/mol. The maximum absolute atomic E-state index is 12.2. The molecule has 0 radical (unpaired) electrons. The van der Waals surface area contributed by atoms with E-state index >= 15 is 0 Å². The Morgan fingerprint density at radius 2 is 2.05 bits per heavy atom. The van der Waals surface area contributed by atoms with Crippen molar-refractivity contribution in [3.8, 4) is 0 Å². The zero-order chi connectivity index (χ0) is 14.7. The number of rotatable bonds is 3. The molecule has 0 saturated carbocycles. The molecular weight excluding hydrogens is 271 g/mol. The molecule has 104 valence electrons. The Hall–Kier alpha value is -1.93. The van der Waals surface area contributed by atoms with Gasteiger partial charge in [-0.1, -0.05) is 25.1 Å². The quantitative estimate of drug-likeness (QED) is 0.874. The molecule has 0 bridgehead atoms. The molecule has 4 nitrogen and oxygen atoms in total. The summed E-state index contributed by atoms with van der Waals surface area (Å²) < 4.78 is 1.49. The number of pyridine rings is 1. The summed E-state index contributed by atoms with van der Waals surface area (Å²) in [6.45, 7) is 2.00. The van der Waals surface area contributed by atoms with E-state index in [9.17, 15) is 9.59 Å². The van der Waals surface area contributed by atoms with Crippen LogP contribution < -0.4 is 16.2 Å². The second-order valence-electron chi connectivity index (χ2n) is 4.57. The summed E-state index contributed by atoms with van der Waals surface area (Å²) in [6, 6.07) is 8.94. The number of hydrogen-bond acceptors (Lipinski definition) is 2. The van der Waals surface area contributed by atoms with Crippen LogP contribution in [0.1, 0.15) is 22.8 Å². The summed E-state index contributed by atoms with van der Waals surface area (Å²) >= 11 is 0. The third-order valence-electron chi connectivity index (χ3n) is 3.10. The lowest BCUT2D eigenvalue weighted by Gasteiger charge is -2.10. The number of nitrogens with one attached hydrogen (secondary N) is 1. The van der Waals surface area contributed by atoms with Gasteiger partial charge in [-0.05, 0) is 29.4 Å². The lowest BCUT2D eigenvalue weighted by atomic mass is 10.2. The Balaban J connectivity index is 2.35. The molecule has 0 spiro atoms. The topological polar surface area (TPSA) is 51.1 Å². The van der Waals surface area contributed by atoms with Gasteiger partial charge in [-0.3, -0.25) is 9.59 Å². The van der Waals surface area contributed by atoms with E-state index in [0.29, 0.717) is 11.3 Å². The van der Waals surface area contributed by atoms with Gasteiger partial charge in [0.2, 0.25) is 0 Å². The highest BCUT2D eigenvalue weighted by Gasteiger charge is 2.12. The van der Waals surface area contributed by atoms with Crippen LogP contribution in [0.5, 0.6) is 0 Å². The van der Waals surface area contributed by atoms with E-state index in [1.54, 1.807) is 31.4 Å². The van der Waals surface area contributed by atoms with Crippen LogP contribution in [0.2, 0.25) is 0 Å². The highest BCUT2D eigenvalue weighted by molar-refractivity contribution is 7.27. The highest BCUT2D eigenvalue weighted by Crippen LogP contribution is 2.08. The lowest BCUT2D eigenvalue weighted by Crippen LogP contribution is -2.26. The Morgan fingerprint density at radius 1 is 1.35 bits per heavy atom. The number of amides is 1. The number of hydrogen-bond donors (Lipinski definition) is 1. The van der Waals surface area contributed by atoms with Crippen LogP contribution in [0.15, 0.2) is 41.3 Å². The lowest BCUT2D eigenvalue weighted by molar-refractivity contribution is 0.102. The third kappa shape index (κ3) is 2.97. The molecule has 20 heavy (non-hydrogen) atoms. The van der Waals surface area contributed by atoms with Gasteiger partial charge in [-0.2, -0.15) is 0 Å². The summed E-state index contributed by atoms with van der Waals surface area (Å²) in [5.74, 6) is -0.277. The van der Waals surface area contributed by atoms with Crippen molar-refractivity contribution in [1.29, 1.82) is 0 Å². The van der Waals surface area contributed by atoms with Gasteiger partial charge in [0.25, 0.3) is 11.5 Å². The fourth-order valence-corrected chi connectivity index (χ4v) is 2.30. The maximum Gasteiger partial charge on any atom is 0.274 e. The van der Waals surface area contributed by atoms with Crippen LogP contribution in [-0.2, 0) is 13.5 Å². The molecule has 0 aliphatic rings. The van der Waals surface area contributed by atoms with E-state index in [-0.39, 0.29) is 11.5 Å². The van der Waals surface area contributed by atoms with E-state index in [0.717, 1.165) is 17.3 Å². The average Bonchev–Trinajstić information content (AvgIpc) is 2.43. The number of nitrogens with zero attached hydrogens (tertiary/aromatic N) is 1. The number of anilines is 1. The van der Waals surface area contributed by atoms with Gasteiger partial charge < -0.3 is 9.88 Å². The smallest absolute Gasteiger partial charge is 0.274 e. The van der Waals surface area contributed by atoms with Gasteiger partial charge in [-0.15, -0.1) is 9.24 Å². The zero-order valence-corrected chi connectivity index (χ0v) is 12.7. The summed E-state index contributed by atoms with van der Waals surface area (Å²) in [5.41, 5.74) is 1.64. The molecule has 1 amide bonds.